The molecule has 0 aliphatic carbocycles. The topological polar surface area (TPSA) is 29.3 Å². The predicted molar refractivity (Wildman–Crippen MR) is 80.5 cm³/mol. The van der Waals surface area contributed by atoms with Gasteiger partial charge in [-0.1, -0.05) is 44.4 Å². The molecule has 0 amide bonds. The van der Waals surface area contributed by atoms with Gasteiger partial charge in [0.1, 0.15) is 0 Å². The summed E-state index contributed by atoms with van der Waals surface area (Å²) in [5.41, 5.74) is 8.18. The Morgan fingerprint density at radius 3 is 2.44 bits per heavy atom. The molecule has 0 spiro atoms. The Balaban J connectivity index is 2.50. The zero-order chi connectivity index (χ0) is 13.4. The van der Waals surface area contributed by atoms with Crippen LogP contribution < -0.4 is 5.73 Å². The minimum Gasteiger partial charge on any atom is -0.398 e. The van der Waals surface area contributed by atoms with Gasteiger partial charge in [0.25, 0.3) is 0 Å². The maximum absolute atomic E-state index is 6.02. The number of benzene rings is 1. The smallest absolute Gasteiger partial charge is 0.0359 e. The molecule has 1 aromatic rings. The van der Waals surface area contributed by atoms with Crippen LogP contribution in [-0.2, 0) is 6.54 Å². The monoisotopic (exact) mass is 248 g/mol. The molecule has 0 saturated carbocycles. The van der Waals surface area contributed by atoms with Crippen LogP contribution in [0.3, 0.4) is 0 Å². The molecule has 0 bridgehead atoms. The Kier molecular flexibility index (Phi) is 6.81. The Hall–Kier alpha value is -1.02. The first kappa shape index (κ1) is 15.0. The van der Waals surface area contributed by atoms with Gasteiger partial charge in [0.05, 0.1) is 0 Å². The Morgan fingerprint density at radius 1 is 1.11 bits per heavy atom. The maximum atomic E-state index is 6.02. The molecule has 102 valence electrons. The van der Waals surface area contributed by atoms with Crippen molar-refractivity contribution in [2.75, 3.05) is 12.3 Å². The summed E-state index contributed by atoms with van der Waals surface area (Å²) >= 11 is 0. The highest BCUT2D eigenvalue weighted by atomic mass is 15.1. The quantitative estimate of drug-likeness (QED) is 0.555. The summed E-state index contributed by atoms with van der Waals surface area (Å²) in [5.74, 6) is 0. The highest BCUT2D eigenvalue weighted by Gasteiger charge is 2.10. The van der Waals surface area contributed by atoms with Crippen molar-refractivity contribution in [1.29, 1.82) is 0 Å². The summed E-state index contributed by atoms with van der Waals surface area (Å²) in [5, 5.41) is 0. The van der Waals surface area contributed by atoms with E-state index in [2.05, 4.69) is 37.8 Å². The van der Waals surface area contributed by atoms with Crippen LogP contribution >= 0.6 is 0 Å². The number of nitrogens with two attached hydrogens (primary N) is 1. The number of nitrogens with zero attached hydrogens (tertiary/aromatic N) is 1. The molecule has 0 unspecified atom stereocenters. The molecule has 0 heterocycles. The van der Waals surface area contributed by atoms with Crippen molar-refractivity contribution in [3.8, 4) is 0 Å². The van der Waals surface area contributed by atoms with Gasteiger partial charge >= 0.3 is 0 Å². The van der Waals surface area contributed by atoms with Crippen molar-refractivity contribution < 1.29 is 0 Å². The van der Waals surface area contributed by atoms with E-state index in [-0.39, 0.29) is 0 Å². The zero-order valence-electron chi connectivity index (χ0n) is 12.2. The molecule has 2 heteroatoms. The Labute approximate surface area is 112 Å². The molecule has 1 rings (SSSR count). The first-order valence-electron chi connectivity index (χ1n) is 7.22. The Bertz CT molecular complexity index is 334. The summed E-state index contributed by atoms with van der Waals surface area (Å²) in [6.45, 7) is 8.92. The van der Waals surface area contributed by atoms with Gasteiger partial charge in [-0.3, -0.25) is 4.90 Å². The van der Waals surface area contributed by atoms with Gasteiger partial charge in [-0.25, -0.2) is 0 Å². The first-order chi connectivity index (χ1) is 8.65. The molecule has 1 aromatic carbocycles. The third-order valence-corrected chi connectivity index (χ3v) is 3.46. The Morgan fingerprint density at radius 2 is 1.83 bits per heavy atom. The summed E-state index contributed by atoms with van der Waals surface area (Å²) in [6, 6.07) is 8.77. The van der Waals surface area contributed by atoms with Crippen LogP contribution in [0.5, 0.6) is 0 Å². The summed E-state index contributed by atoms with van der Waals surface area (Å²) in [7, 11) is 0. The van der Waals surface area contributed by atoms with Gasteiger partial charge in [-0.2, -0.15) is 0 Å². The van der Waals surface area contributed by atoms with Crippen molar-refractivity contribution in [2.45, 2.75) is 59.0 Å². The average Bonchev–Trinajstić information content (AvgIpc) is 2.35. The minimum absolute atomic E-state index is 0.575. The SMILES string of the molecule is CCCCCCN(Cc1ccccc1N)C(C)C. The van der Waals surface area contributed by atoms with E-state index in [1.165, 1.54) is 37.8 Å². The molecule has 18 heavy (non-hydrogen) atoms. The molecule has 0 atom stereocenters. The molecule has 0 saturated heterocycles. The van der Waals surface area contributed by atoms with Crippen molar-refractivity contribution >= 4 is 5.69 Å². The van der Waals surface area contributed by atoms with Gasteiger partial charge in [0, 0.05) is 18.3 Å². The summed E-state index contributed by atoms with van der Waals surface area (Å²) in [4.78, 5) is 2.52. The fourth-order valence-corrected chi connectivity index (χ4v) is 2.16. The molecule has 0 aliphatic heterocycles. The lowest BCUT2D eigenvalue weighted by atomic mass is 10.1. The first-order valence-corrected chi connectivity index (χ1v) is 7.22. The van der Waals surface area contributed by atoms with Crippen LogP contribution in [0.25, 0.3) is 0 Å². The van der Waals surface area contributed by atoms with E-state index < -0.39 is 0 Å². The van der Waals surface area contributed by atoms with Crippen LogP contribution in [0.4, 0.5) is 5.69 Å². The van der Waals surface area contributed by atoms with E-state index in [0.29, 0.717) is 6.04 Å². The van der Waals surface area contributed by atoms with E-state index in [0.717, 1.165) is 12.2 Å². The number of rotatable bonds is 8. The second-order valence-corrected chi connectivity index (χ2v) is 5.32. The molecule has 2 N–H and O–H groups in total. The number of anilines is 1. The normalized spacial score (nSPS) is 11.4. The number of nitrogen functional groups attached to an aromatic ring is 1. The lowest BCUT2D eigenvalue weighted by molar-refractivity contribution is 0.208. The van der Waals surface area contributed by atoms with Crippen molar-refractivity contribution in [2.24, 2.45) is 0 Å². The highest BCUT2D eigenvalue weighted by Crippen LogP contribution is 2.16. The second kappa shape index (κ2) is 8.15. The van der Waals surface area contributed by atoms with Crippen molar-refractivity contribution in [3.63, 3.8) is 0 Å². The van der Waals surface area contributed by atoms with E-state index in [4.69, 9.17) is 5.73 Å². The van der Waals surface area contributed by atoms with Gasteiger partial charge in [0.15, 0.2) is 0 Å². The van der Waals surface area contributed by atoms with Gasteiger partial charge < -0.3 is 5.73 Å². The van der Waals surface area contributed by atoms with E-state index >= 15 is 0 Å². The molecular weight excluding hydrogens is 220 g/mol. The van der Waals surface area contributed by atoms with Gasteiger partial charge in [-0.15, -0.1) is 0 Å². The summed E-state index contributed by atoms with van der Waals surface area (Å²) < 4.78 is 0. The average molecular weight is 248 g/mol. The molecule has 0 fully saturated rings. The molecule has 0 radical (unpaired) electrons. The van der Waals surface area contributed by atoms with Crippen LogP contribution in [-0.4, -0.2) is 17.5 Å². The fraction of sp³-hybridized carbons (Fsp3) is 0.625. The van der Waals surface area contributed by atoms with Crippen molar-refractivity contribution in [1.82, 2.24) is 4.90 Å². The zero-order valence-corrected chi connectivity index (χ0v) is 12.2. The van der Waals surface area contributed by atoms with Crippen LogP contribution in [0.1, 0.15) is 52.0 Å². The van der Waals surface area contributed by atoms with E-state index in [1.54, 1.807) is 0 Å². The van der Waals surface area contributed by atoms with Gasteiger partial charge in [-0.05, 0) is 38.4 Å². The van der Waals surface area contributed by atoms with Crippen molar-refractivity contribution in [3.05, 3.63) is 29.8 Å². The largest absolute Gasteiger partial charge is 0.398 e. The number of unbranched alkanes of at least 4 members (excludes halogenated alkanes) is 3. The standard InChI is InChI=1S/C16H28N2/c1-4-5-6-9-12-18(14(2)3)13-15-10-7-8-11-16(15)17/h7-8,10-11,14H,4-6,9,12-13,17H2,1-3H3. The molecule has 0 aliphatic rings. The van der Waals surface area contributed by atoms with Crippen LogP contribution in [0.15, 0.2) is 24.3 Å². The maximum Gasteiger partial charge on any atom is 0.0359 e. The lowest BCUT2D eigenvalue weighted by Crippen LogP contribution is -2.31. The lowest BCUT2D eigenvalue weighted by Gasteiger charge is -2.27. The molecular formula is C16H28N2. The molecule has 2 nitrogen and oxygen atoms in total. The highest BCUT2D eigenvalue weighted by molar-refractivity contribution is 5.46. The molecule has 0 aromatic heterocycles. The predicted octanol–water partition coefficient (Wildman–Crippen LogP) is 4.06. The third-order valence-electron chi connectivity index (χ3n) is 3.46. The number of hydrogen-bond donors (Lipinski definition) is 1. The number of para-hydroxylation sites is 1. The third kappa shape index (κ3) is 5.09. The van der Waals surface area contributed by atoms with E-state index in [9.17, 15) is 0 Å². The van der Waals surface area contributed by atoms with E-state index in [1.807, 2.05) is 12.1 Å². The van der Waals surface area contributed by atoms with Crippen LogP contribution in [0, 0.1) is 0 Å². The second-order valence-electron chi connectivity index (χ2n) is 5.32. The van der Waals surface area contributed by atoms with Gasteiger partial charge in [0.2, 0.25) is 0 Å². The minimum atomic E-state index is 0.575. The number of hydrogen-bond acceptors (Lipinski definition) is 2. The van der Waals surface area contributed by atoms with Crippen LogP contribution in [0.2, 0.25) is 0 Å². The fourth-order valence-electron chi connectivity index (χ4n) is 2.16. The summed E-state index contributed by atoms with van der Waals surface area (Å²) in [6.07, 6.45) is 5.27.